The van der Waals surface area contributed by atoms with Crippen LogP contribution in [0.3, 0.4) is 0 Å². The van der Waals surface area contributed by atoms with Gasteiger partial charge in [0.2, 0.25) is 0 Å². The third-order valence-electron chi connectivity index (χ3n) is 4.28. The van der Waals surface area contributed by atoms with E-state index in [9.17, 15) is 19.7 Å². The van der Waals surface area contributed by atoms with Crippen LogP contribution in [0.5, 0.6) is 0 Å². The third-order valence-corrected chi connectivity index (χ3v) is 4.28. The molecule has 1 aliphatic rings. The second-order valence-corrected chi connectivity index (χ2v) is 5.99. The van der Waals surface area contributed by atoms with Crippen LogP contribution in [0, 0.1) is 21.4 Å². The molecule has 0 spiro atoms. The van der Waals surface area contributed by atoms with Crippen LogP contribution >= 0.6 is 0 Å². The molecule has 0 saturated carbocycles. The largest absolute Gasteiger partial charge is 0.466 e. The Labute approximate surface area is 161 Å². The minimum Gasteiger partial charge on any atom is -0.466 e. The number of nitro benzene ring substituents is 1. The van der Waals surface area contributed by atoms with Crippen molar-refractivity contribution in [2.45, 2.75) is 26.2 Å². The van der Waals surface area contributed by atoms with Crippen molar-refractivity contribution in [3.8, 4) is 6.07 Å². The number of carbonyl (C=O) groups is 2. The topological polar surface area (TPSA) is 132 Å². The van der Waals surface area contributed by atoms with Gasteiger partial charge in [0.05, 0.1) is 41.6 Å². The second kappa shape index (κ2) is 8.81. The lowest BCUT2D eigenvalue weighted by Gasteiger charge is -2.30. The van der Waals surface area contributed by atoms with Crippen LogP contribution in [0.15, 0.2) is 46.8 Å². The van der Waals surface area contributed by atoms with Gasteiger partial charge < -0.3 is 14.8 Å². The first kappa shape index (κ1) is 20.6. The van der Waals surface area contributed by atoms with Gasteiger partial charge in [-0.3, -0.25) is 10.1 Å². The number of nitrogens with one attached hydrogen (secondary N) is 1. The van der Waals surface area contributed by atoms with E-state index in [1.807, 2.05) is 6.07 Å². The van der Waals surface area contributed by atoms with Gasteiger partial charge in [0.25, 0.3) is 5.69 Å². The summed E-state index contributed by atoms with van der Waals surface area (Å²) in [6.07, 6.45) is 0.000371. The predicted molar refractivity (Wildman–Crippen MR) is 97.6 cm³/mol. The Hall–Kier alpha value is -3.67. The highest BCUT2D eigenvalue weighted by Gasteiger charge is 2.40. The van der Waals surface area contributed by atoms with Crippen LogP contribution < -0.4 is 5.32 Å². The van der Waals surface area contributed by atoms with Gasteiger partial charge in [0.1, 0.15) is 6.61 Å². The van der Waals surface area contributed by atoms with E-state index in [0.29, 0.717) is 11.4 Å². The zero-order valence-corrected chi connectivity index (χ0v) is 15.6. The number of carbonyl (C=O) groups excluding carboxylic acids is 2. The van der Waals surface area contributed by atoms with Crippen molar-refractivity contribution >= 4 is 17.6 Å². The maximum Gasteiger partial charge on any atom is 0.336 e. The number of dihydropyridines is 1. The van der Waals surface area contributed by atoms with E-state index >= 15 is 0 Å². The van der Waals surface area contributed by atoms with Crippen LogP contribution in [0.4, 0.5) is 5.69 Å². The highest BCUT2D eigenvalue weighted by Crippen LogP contribution is 2.42. The summed E-state index contributed by atoms with van der Waals surface area (Å²) in [5.74, 6) is -2.54. The number of nitriles is 1. The number of esters is 2. The molecule has 0 radical (unpaired) electrons. The second-order valence-electron chi connectivity index (χ2n) is 5.99. The molecule has 1 aliphatic heterocycles. The lowest BCUT2D eigenvalue weighted by molar-refractivity contribution is -0.385. The molecule has 1 aromatic rings. The predicted octanol–water partition coefficient (Wildman–Crippen LogP) is 2.46. The van der Waals surface area contributed by atoms with Crippen molar-refractivity contribution in [2.24, 2.45) is 0 Å². The molecule has 0 bridgehead atoms. The molecule has 1 unspecified atom stereocenters. The molecule has 2 rings (SSSR count). The van der Waals surface area contributed by atoms with Gasteiger partial charge in [-0.05, 0) is 13.8 Å². The fourth-order valence-corrected chi connectivity index (χ4v) is 3.12. The molecule has 1 N–H and O–H groups in total. The van der Waals surface area contributed by atoms with Gasteiger partial charge in [-0.2, -0.15) is 5.26 Å². The average molecular weight is 385 g/mol. The molecule has 1 atom stereocenters. The Kier molecular flexibility index (Phi) is 6.50. The van der Waals surface area contributed by atoms with Gasteiger partial charge in [0.15, 0.2) is 0 Å². The number of benzene rings is 1. The van der Waals surface area contributed by atoms with Crippen molar-refractivity contribution in [1.29, 1.82) is 5.26 Å². The Morgan fingerprint density at radius 2 is 1.82 bits per heavy atom. The van der Waals surface area contributed by atoms with Crippen LogP contribution in [-0.4, -0.2) is 30.6 Å². The molecule has 0 saturated heterocycles. The van der Waals surface area contributed by atoms with E-state index in [1.54, 1.807) is 19.9 Å². The molecule has 9 heteroatoms. The lowest BCUT2D eigenvalue weighted by Crippen LogP contribution is -2.32. The Morgan fingerprint density at radius 1 is 1.21 bits per heavy atom. The summed E-state index contributed by atoms with van der Waals surface area (Å²) in [4.78, 5) is 36.2. The highest BCUT2D eigenvalue weighted by molar-refractivity contribution is 6.00. The number of allylic oxidation sites excluding steroid dienone is 2. The van der Waals surface area contributed by atoms with Crippen molar-refractivity contribution in [3.63, 3.8) is 0 Å². The van der Waals surface area contributed by atoms with Gasteiger partial charge in [0, 0.05) is 23.0 Å². The normalized spacial score (nSPS) is 16.1. The molecule has 1 heterocycles. The van der Waals surface area contributed by atoms with E-state index in [-0.39, 0.29) is 35.4 Å². The van der Waals surface area contributed by atoms with Gasteiger partial charge in [-0.1, -0.05) is 18.2 Å². The number of nitrogens with zero attached hydrogens (tertiary/aromatic N) is 2. The number of ether oxygens (including phenoxy) is 2. The fourth-order valence-electron chi connectivity index (χ4n) is 3.12. The molecule has 0 fully saturated rings. The van der Waals surface area contributed by atoms with Gasteiger partial charge in [-0.15, -0.1) is 0 Å². The fraction of sp³-hybridized carbons (Fsp3) is 0.316. The Morgan fingerprint density at radius 3 is 2.39 bits per heavy atom. The first-order chi connectivity index (χ1) is 13.3. The van der Waals surface area contributed by atoms with Crippen LogP contribution in [-0.2, 0) is 19.1 Å². The highest BCUT2D eigenvalue weighted by atomic mass is 16.6. The minimum atomic E-state index is -1.05. The third kappa shape index (κ3) is 4.01. The monoisotopic (exact) mass is 385 g/mol. The van der Waals surface area contributed by atoms with Crippen molar-refractivity contribution in [1.82, 2.24) is 5.32 Å². The quantitative estimate of drug-likeness (QED) is 0.342. The van der Waals surface area contributed by atoms with Crippen molar-refractivity contribution in [3.05, 3.63) is 62.5 Å². The summed E-state index contributed by atoms with van der Waals surface area (Å²) in [5.41, 5.74) is 0.878. The van der Waals surface area contributed by atoms with Crippen molar-refractivity contribution in [2.75, 3.05) is 13.7 Å². The first-order valence-electron chi connectivity index (χ1n) is 8.37. The van der Waals surface area contributed by atoms with Crippen molar-refractivity contribution < 1.29 is 24.0 Å². The van der Waals surface area contributed by atoms with E-state index in [2.05, 4.69) is 5.32 Å². The summed E-state index contributed by atoms with van der Waals surface area (Å²) in [5, 5.41) is 23.1. The zero-order valence-electron chi connectivity index (χ0n) is 15.6. The molecular weight excluding hydrogens is 366 g/mol. The first-order valence-corrected chi connectivity index (χ1v) is 8.37. The van der Waals surface area contributed by atoms with E-state index < -0.39 is 22.8 Å². The van der Waals surface area contributed by atoms with E-state index in [0.717, 1.165) is 0 Å². The van der Waals surface area contributed by atoms with E-state index in [4.69, 9.17) is 14.7 Å². The zero-order chi connectivity index (χ0) is 20.8. The number of para-hydroxylation sites is 1. The van der Waals surface area contributed by atoms with Gasteiger partial charge in [-0.25, -0.2) is 9.59 Å². The molecule has 0 aliphatic carbocycles. The number of rotatable bonds is 6. The standard InChI is InChI=1S/C19H19N3O6/c1-11-15(18(23)27-3)17(13-7-4-5-8-14(13)22(25)26)16(12(2)21-11)19(24)28-10-6-9-20/h4-5,7-8,17,21H,6,10H2,1-3H3. The Bertz CT molecular complexity index is 926. The van der Waals surface area contributed by atoms with E-state index in [1.165, 1.54) is 25.3 Å². The summed E-state index contributed by atoms with van der Waals surface area (Å²) in [7, 11) is 1.19. The number of hydrogen-bond donors (Lipinski definition) is 1. The number of hydrogen-bond acceptors (Lipinski definition) is 8. The average Bonchev–Trinajstić information content (AvgIpc) is 2.66. The molecule has 146 valence electrons. The molecular formula is C19H19N3O6. The maximum absolute atomic E-state index is 12.7. The lowest BCUT2D eigenvalue weighted by atomic mass is 9.79. The molecule has 28 heavy (non-hydrogen) atoms. The molecule has 1 aromatic carbocycles. The Balaban J connectivity index is 2.68. The molecule has 0 aromatic heterocycles. The minimum absolute atomic E-state index is 0.000371. The van der Waals surface area contributed by atoms with Crippen LogP contribution in [0.1, 0.15) is 31.7 Å². The van der Waals surface area contributed by atoms with Gasteiger partial charge >= 0.3 is 11.9 Å². The van der Waals surface area contributed by atoms with Crippen LogP contribution in [0.25, 0.3) is 0 Å². The summed E-state index contributed by atoms with van der Waals surface area (Å²) in [6, 6.07) is 7.74. The molecule has 9 nitrogen and oxygen atoms in total. The maximum atomic E-state index is 12.7. The summed E-state index contributed by atoms with van der Waals surface area (Å²) < 4.78 is 9.99. The molecule has 0 amide bonds. The number of nitro groups is 1. The summed E-state index contributed by atoms with van der Waals surface area (Å²) in [6.45, 7) is 3.10. The SMILES string of the molecule is COC(=O)C1=C(C)NC(C)=C(C(=O)OCCC#N)C1c1ccccc1[N+](=O)[O-]. The number of methoxy groups -OCH3 is 1. The smallest absolute Gasteiger partial charge is 0.336 e. The van der Waals surface area contributed by atoms with Crippen LogP contribution in [0.2, 0.25) is 0 Å². The summed E-state index contributed by atoms with van der Waals surface area (Å²) >= 11 is 0.